The van der Waals surface area contributed by atoms with Crippen LogP contribution in [0.4, 0.5) is 0 Å². The monoisotopic (exact) mass is 312 g/mol. The van der Waals surface area contributed by atoms with Gasteiger partial charge in [0, 0.05) is 22.6 Å². The minimum absolute atomic E-state index is 0.183. The van der Waals surface area contributed by atoms with Crippen molar-refractivity contribution in [2.24, 2.45) is 11.1 Å². The Hall–Kier alpha value is -0.450. The summed E-state index contributed by atoms with van der Waals surface area (Å²) in [7, 11) is 0. The Morgan fingerprint density at radius 3 is 2.44 bits per heavy atom. The highest BCUT2D eigenvalue weighted by Gasteiger charge is 2.38. The van der Waals surface area contributed by atoms with Gasteiger partial charge >= 0.3 is 0 Å². The molecule has 1 aliphatic carbocycles. The number of nitrogens with zero attached hydrogens (tertiary/aromatic N) is 1. The highest BCUT2D eigenvalue weighted by atomic mass is 79.9. The molecule has 1 aliphatic rings. The molecule has 4 heteroatoms. The lowest BCUT2D eigenvalue weighted by Gasteiger charge is -2.36. The maximum Gasteiger partial charge on any atom is 0.103 e. The first-order valence-corrected chi connectivity index (χ1v) is 7.47. The van der Waals surface area contributed by atoms with Crippen LogP contribution in [0.5, 0.6) is 0 Å². The third-order valence-corrected chi connectivity index (χ3v) is 4.59. The van der Waals surface area contributed by atoms with Gasteiger partial charge in [-0.25, -0.2) is 0 Å². The largest absolute Gasteiger partial charge is 0.386 e. The van der Waals surface area contributed by atoms with Gasteiger partial charge in [0.05, 0.1) is 5.69 Å². The molecule has 2 rings (SSSR count). The van der Waals surface area contributed by atoms with Gasteiger partial charge in [0.2, 0.25) is 0 Å². The minimum Gasteiger partial charge on any atom is -0.386 e. The number of hydrogen-bond donors (Lipinski definition) is 2. The van der Waals surface area contributed by atoms with E-state index in [1.54, 1.807) is 6.20 Å². The van der Waals surface area contributed by atoms with E-state index in [0.717, 1.165) is 35.8 Å². The second-order valence-electron chi connectivity index (χ2n) is 5.28. The Bertz CT molecular complexity index is 372. The second-order valence-corrected chi connectivity index (χ2v) is 6.20. The van der Waals surface area contributed by atoms with Gasteiger partial charge in [-0.2, -0.15) is 0 Å². The highest BCUT2D eigenvalue weighted by molar-refractivity contribution is 9.10. The molecule has 0 amide bonds. The Kier molecular flexibility index (Phi) is 4.76. The smallest absolute Gasteiger partial charge is 0.103 e. The van der Waals surface area contributed by atoms with Crippen LogP contribution >= 0.6 is 15.9 Å². The summed E-state index contributed by atoms with van der Waals surface area (Å²) in [5, 5.41) is 10.7. The molecule has 1 heterocycles. The molecule has 1 atom stereocenters. The van der Waals surface area contributed by atoms with Crippen LogP contribution in [0, 0.1) is 5.41 Å². The van der Waals surface area contributed by atoms with Crippen molar-refractivity contribution in [3.63, 3.8) is 0 Å². The van der Waals surface area contributed by atoms with Crippen molar-refractivity contribution in [2.75, 3.05) is 6.54 Å². The fraction of sp³-hybridized carbons (Fsp3) is 0.643. The summed E-state index contributed by atoms with van der Waals surface area (Å²) in [6, 6.07) is 3.81. The lowest BCUT2D eigenvalue weighted by atomic mass is 9.74. The van der Waals surface area contributed by atoms with Crippen molar-refractivity contribution < 1.29 is 5.11 Å². The van der Waals surface area contributed by atoms with Gasteiger partial charge in [0.15, 0.2) is 0 Å². The van der Waals surface area contributed by atoms with Gasteiger partial charge in [-0.1, -0.05) is 25.7 Å². The molecular weight excluding hydrogens is 292 g/mol. The summed E-state index contributed by atoms with van der Waals surface area (Å²) in [5.41, 5.74) is 6.54. The molecule has 18 heavy (non-hydrogen) atoms. The zero-order valence-corrected chi connectivity index (χ0v) is 12.2. The molecule has 3 N–H and O–H groups in total. The van der Waals surface area contributed by atoms with Crippen LogP contribution in [0.1, 0.15) is 50.3 Å². The molecule has 0 aliphatic heterocycles. The van der Waals surface area contributed by atoms with Crippen LogP contribution in [0.25, 0.3) is 0 Å². The van der Waals surface area contributed by atoms with Gasteiger partial charge < -0.3 is 10.8 Å². The minimum atomic E-state index is -0.548. The first-order chi connectivity index (χ1) is 8.68. The maximum absolute atomic E-state index is 10.7. The number of aliphatic hydroxyl groups is 1. The average molecular weight is 313 g/mol. The Morgan fingerprint density at radius 1 is 1.28 bits per heavy atom. The predicted molar refractivity (Wildman–Crippen MR) is 76.1 cm³/mol. The molecule has 0 spiro atoms. The molecule has 0 saturated heterocycles. The van der Waals surface area contributed by atoms with Gasteiger partial charge in [-0.3, -0.25) is 4.98 Å². The van der Waals surface area contributed by atoms with Crippen molar-refractivity contribution in [3.05, 3.63) is 28.5 Å². The fourth-order valence-electron chi connectivity index (χ4n) is 2.88. The number of rotatable bonds is 3. The summed E-state index contributed by atoms with van der Waals surface area (Å²) in [4.78, 5) is 4.32. The molecule has 1 aromatic heterocycles. The average Bonchev–Trinajstić information content (AvgIpc) is 2.65. The molecule has 1 fully saturated rings. The van der Waals surface area contributed by atoms with Gasteiger partial charge in [0.1, 0.15) is 6.10 Å². The van der Waals surface area contributed by atoms with Crippen molar-refractivity contribution in [2.45, 2.75) is 44.6 Å². The summed E-state index contributed by atoms with van der Waals surface area (Å²) < 4.78 is 0.932. The van der Waals surface area contributed by atoms with E-state index in [1.165, 1.54) is 12.8 Å². The summed E-state index contributed by atoms with van der Waals surface area (Å²) in [5.74, 6) is 0. The zero-order valence-electron chi connectivity index (χ0n) is 10.6. The number of pyridine rings is 1. The number of aliphatic hydroxyl groups excluding tert-OH is 1. The SMILES string of the molecule is NCC1(C(O)c2ccc(Br)cn2)CCCCCC1. The number of halogens is 1. The molecular formula is C14H21BrN2O. The van der Waals surface area contributed by atoms with Crippen LogP contribution in [0.3, 0.4) is 0 Å². The van der Waals surface area contributed by atoms with Gasteiger partial charge in [-0.15, -0.1) is 0 Å². The van der Waals surface area contributed by atoms with E-state index >= 15 is 0 Å². The molecule has 1 saturated carbocycles. The van der Waals surface area contributed by atoms with Crippen LogP contribution < -0.4 is 5.73 Å². The molecule has 0 radical (unpaired) electrons. The predicted octanol–water partition coefficient (Wildman–Crippen LogP) is 3.18. The lowest BCUT2D eigenvalue weighted by Crippen LogP contribution is -2.36. The normalized spacial score (nSPS) is 21.3. The van der Waals surface area contributed by atoms with Crippen molar-refractivity contribution in [1.82, 2.24) is 4.98 Å². The Balaban J connectivity index is 2.22. The van der Waals surface area contributed by atoms with Crippen molar-refractivity contribution >= 4 is 15.9 Å². The molecule has 3 nitrogen and oxygen atoms in total. The van der Waals surface area contributed by atoms with Crippen LogP contribution in [0.2, 0.25) is 0 Å². The van der Waals surface area contributed by atoms with E-state index in [4.69, 9.17) is 5.73 Å². The summed E-state index contributed by atoms with van der Waals surface area (Å²) in [6.45, 7) is 0.534. The number of nitrogens with two attached hydrogens (primary N) is 1. The molecule has 1 unspecified atom stereocenters. The first-order valence-electron chi connectivity index (χ1n) is 6.67. The third-order valence-electron chi connectivity index (χ3n) is 4.12. The van der Waals surface area contributed by atoms with Gasteiger partial charge in [0.25, 0.3) is 0 Å². The van der Waals surface area contributed by atoms with E-state index < -0.39 is 6.10 Å². The van der Waals surface area contributed by atoms with Crippen LogP contribution in [-0.2, 0) is 0 Å². The quantitative estimate of drug-likeness (QED) is 0.843. The van der Waals surface area contributed by atoms with E-state index in [2.05, 4.69) is 20.9 Å². The van der Waals surface area contributed by atoms with Gasteiger partial charge in [-0.05, 0) is 40.9 Å². The Morgan fingerprint density at radius 2 is 1.94 bits per heavy atom. The second kappa shape index (κ2) is 6.13. The molecule has 0 bridgehead atoms. The van der Waals surface area contributed by atoms with E-state index in [9.17, 15) is 5.11 Å². The lowest BCUT2D eigenvalue weighted by molar-refractivity contribution is 0.0135. The molecule has 1 aromatic rings. The first kappa shape index (κ1) is 14.0. The molecule has 100 valence electrons. The van der Waals surface area contributed by atoms with E-state index in [0.29, 0.717) is 6.54 Å². The van der Waals surface area contributed by atoms with Crippen molar-refractivity contribution in [3.8, 4) is 0 Å². The fourth-order valence-corrected chi connectivity index (χ4v) is 3.12. The van der Waals surface area contributed by atoms with Crippen molar-refractivity contribution in [1.29, 1.82) is 0 Å². The summed E-state index contributed by atoms with van der Waals surface area (Å²) in [6.07, 6.45) is 8.01. The van der Waals surface area contributed by atoms with Crippen LogP contribution in [0.15, 0.2) is 22.8 Å². The van der Waals surface area contributed by atoms with Crippen LogP contribution in [-0.4, -0.2) is 16.6 Å². The third kappa shape index (κ3) is 2.92. The standard InChI is InChI=1S/C14H21BrN2O/c15-11-5-6-12(17-9-11)13(18)14(10-16)7-3-1-2-4-8-14/h5-6,9,13,18H,1-4,7-8,10,16H2. The maximum atomic E-state index is 10.7. The number of hydrogen-bond acceptors (Lipinski definition) is 3. The highest BCUT2D eigenvalue weighted by Crippen LogP contribution is 2.43. The van der Waals surface area contributed by atoms with E-state index in [1.807, 2.05) is 12.1 Å². The Labute approximate surface area is 117 Å². The summed E-state index contributed by atoms with van der Waals surface area (Å²) >= 11 is 3.36. The zero-order chi connectivity index (χ0) is 13.0. The topological polar surface area (TPSA) is 59.1 Å². The number of aromatic nitrogens is 1. The molecule has 0 aromatic carbocycles. The van der Waals surface area contributed by atoms with E-state index in [-0.39, 0.29) is 5.41 Å².